The Kier molecular flexibility index (Phi) is 3.47. The maximum absolute atomic E-state index is 12.4. The van der Waals surface area contributed by atoms with Gasteiger partial charge in [-0.25, -0.2) is 4.98 Å². The number of aryl methyl sites for hydroxylation is 1. The summed E-state index contributed by atoms with van der Waals surface area (Å²) in [6.45, 7) is 2.08. The Morgan fingerprint density at radius 1 is 1.36 bits per heavy atom. The lowest BCUT2D eigenvalue weighted by atomic mass is 9.95. The Morgan fingerprint density at radius 3 is 2.95 bits per heavy atom. The number of aromatic nitrogens is 1. The van der Waals surface area contributed by atoms with E-state index in [0.717, 1.165) is 16.9 Å². The van der Waals surface area contributed by atoms with Crippen LogP contribution in [0.3, 0.4) is 0 Å². The van der Waals surface area contributed by atoms with Gasteiger partial charge in [-0.05, 0) is 37.3 Å². The minimum atomic E-state index is -0.0378. The molecule has 2 aliphatic rings. The van der Waals surface area contributed by atoms with Crippen molar-refractivity contribution in [2.75, 3.05) is 0 Å². The van der Waals surface area contributed by atoms with E-state index in [0.29, 0.717) is 17.1 Å². The van der Waals surface area contributed by atoms with Crippen molar-refractivity contribution in [1.82, 2.24) is 15.6 Å². The van der Waals surface area contributed by atoms with Gasteiger partial charge in [0.15, 0.2) is 5.01 Å². The molecule has 22 heavy (non-hydrogen) atoms. The van der Waals surface area contributed by atoms with Crippen LogP contribution in [0.5, 0.6) is 0 Å². The van der Waals surface area contributed by atoms with Crippen molar-refractivity contribution in [1.29, 1.82) is 0 Å². The molecule has 0 aliphatic carbocycles. The number of fused-ring (bicyclic) bond motifs is 2. The summed E-state index contributed by atoms with van der Waals surface area (Å²) < 4.78 is 0. The minimum Gasteiger partial charge on any atom is -0.346 e. The van der Waals surface area contributed by atoms with E-state index in [9.17, 15) is 4.79 Å². The molecule has 3 heterocycles. The second kappa shape index (κ2) is 5.48. The van der Waals surface area contributed by atoms with Crippen molar-refractivity contribution in [2.45, 2.75) is 44.3 Å². The summed E-state index contributed by atoms with van der Waals surface area (Å²) in [5, 5.41) is 7.25. The average Bonchev–Trinajstić information content (AvgIpc) is 3.24. The quantitative estimate of drug-likeness (QED) is 0.916. The van der Waals surface area contributed by atoms with E-state index in [4.69, 9.17) is 0 Å². The molecule has 4 nitrogen and oxygen atoms in total. The lowest BCUT2D eigenvalue weighted by Crippen LogP contribution is -2.42. The maximum Gasteiger partial charge on any atom is 0.280 e. The first-order valence-corrected chi connectivity index (χ1v) is 8.61. The average molecular weight is 313 g/mol. The zero-order valence-corrected chi connectivity index (χ0v) is 13.3. The molecular formula is C17H19N3OS. The van der Waals surface area contributed by atoms with Gasteiger partial charge in [-0.3, -0.25) is 4.79 Å². The molecule has 2 fully saturated rings. The molecule has 1 amide bonds. The fourth-order valence-corrected chi connectivity index (χ4v) is 4.48. The number of thiazole rings is 1. The van der Waals surface area contributed by atoms with Crippen LogP contribution in [0.4, 0.5) is 0 Å². The van der Waals surface area contributed by atoms with Gasteiger partial charge < -0.3 is 10.6 Å². The van der Waals surface area contributed by atoms with Crippen molar-refractivity contribution in [3.05, 3.63) is 41.0 Å². The molecule has 1 aromatic carbocycles. The van der Waals surface area contributed by atoms with Crippen molar-refractivity contribution >= 4 is 17.2 Å². The molecule has 2 N–H and O–H groups in total. The number of benzene rings is 1. The van der Waals surface area contributed by atoms with Crippen molar-refractivity contribution < 1.29 is 4.79 Å². The summed E-state index contributed by atoms with van der Waals surface area (Å²) in [6, 6.07) is 9.49. The van der Waals surface area contributed by atoms with Crippen molar-refractivity contribution in [3.63, 3.8) is 0 Å². The molecule has 0 unspecified atom stereocenters. The van der Waals surface area contributed by atoms with E-state index in [2.05, 4.69) is 34.7 Å². The fourth-order valence-electron chi connectivity index (χ4n) is 3.57. The highest BCUT2D eigenvalue weighted by Gasteiger charge is 2.39. The standard InChI is InChI=1S/C17H19N3OS/c1-10-4-2-3-5-12(10)15-9-18-17(22-15)16(21)20-14-8-11-6-7-13(14)19-11/h2-5,9,11,13-14,19H,6-8H2,1H3,(H,20,21)/t11-,13+,14-/m1/s1. The van der Waals surface area contributed by atoms with Crippen LogP contribution in [0.2, 0.25) is 0 Å². The molecule has 0 spiro atoms. The lowest BCUT2D eigenvalue weighted by Gasteiger charge is -2.20. The first-order valence-electron chi connectivity index (χ1n) is 7.79. The predicted octanol–water partition coefficient (Wildman–Crippen LogP) is 2.74. The van der Waals surface area contributed by atoms with Crippen LogP contribution in [-0.2, 0) is 0 Å². The second-order valence-corrected chi connectivity index (χ2v) is 7.24. The van der Waals surface area contributed by atoms with Gasteiger partial charge in [0.25, 0.3) is 5.91 Å². The monoisotopic (exact) mass is 313 g/mol. The van der Waals surface area contributed by atoms with Crippen LogP contribution in [0.25, 0.3) is 10.4 Å². The summed E-state index contributed by atoms with van der Waals surface area (Å²) in [5.41, 5.74) is 2.36. The van der Waals surface area contributed by atoms with Crippen LogP contribution in [0, 0.1) is 6.92 Å². The molecule has 2 bridgehead atoms. The highest BCUT2D eigenvalue weighted by molar-refractivity contribution is 7.17. The van der Waals surface area contributed by atoms with Gasteiger partial charge in [0.05, 0.1) is 4.88 Å². The Morgan fingerprint density at radius 2 is 2.23 bits per heavy atom. The third kappa shape index (κ3) is 2.44. The molecule has 2 aromatic rings. The van der Waals surface area contributed by atoms with Crippen LogP contribution in [0.1, 0.15) is 34.6 Å². The molecule has 3 atom stereocenters. The number of carbonyl (C=O) groups excluding carboxylic acids is 1. The molecular weight excluding hydrogens is 294 g/mol. The number of carbonyl (C=O) groups is 1. The first-order chi connectivity index (χ1) is 10.7. The van der Waals surface area contributed by atoms with Crippen molar-refractivity contribution in [3.8, 4) is 10.4 Å². The zero-order chi connectivity index (χ0) is 15.1. The summed E-state index contributed by atoms with van der Waals surface area (Å²) >= 11 is 1.47. The molecule has 4 rings (SSSR count). The molecule has 1 aromatic heterocycles. The van der Waals surface area contributed by atoms with E-state index in [1.54, 1.807) is 6.20 Å². The van der Waals surface area contributed by atoms with E-state index < -0.39 is 0 Å². The van der Waals surface area contributed by atoms with Gasteiger partial charge in [0.2, 0.25) is 0 Å². The van der Waals surface area contributed by atoms with Gasteiger partial charge in [0, 0.05) is 24.3 Å². The van der Waals surface area contributed by atoms with Gasteiger partial charge in [0.1, 0.15) is 0 Å². The van der Waals surface area contributed by atoms with Crippen LogP contribution in [0.15, 0.2) is 30.5 Å². The zero-order valence-electron chi connectivity index (χ0n) is 12.5. The molecule has 2 saturated heterocycles. The number of hydrogen-bond donors (Lipinski definition) is 2. The van der Waals surface area contributed by atoms with Gasteiger partial charge in [-0.2, -0.15) is 0 Å². The number of rotatable bonds is 3. The Labute approximate surface area is 134 Å². The van der Waals surface area contributed by atoms with Crippen molar-refractivity contribution in [2.24, 2.45) is 0 Å². The topological polar surface area (TPSA) is 54.0 Å². The Bertz CT molecular complexity index is 711. The van der Waals surface area contributed by atoms with Gasteiger partial charge >= 0.3 is 0 Å². The lowest BCUT2D eigenvalue weighted by molar-refractivity contribution is 0.0930. The largest absolute Gasteiger partial charge is 0.346 e. The smallest absolute Gasteiger partial charge is 0.280 e. The Balaban J connectivity index is 1.49. The van der Waals surface area contributed by atoms with E-state index in [1.165, 1.54) is 29.7 Å². The third-order valence-corrected chi connectivity index (χ3v) is 5.76. The SMILES string of the molecule is Cc1ccccc1-c1cnc(C(=O)N[C@@H]2C[C@H]3CC[C@@H]2N3)s1. The molecule has 5 heteroatoms. The molecule has 0 radical (unpaired) electrons. The highest BCUT2D eigenvalue weighted by Crippen LogP contribution is 2.30. The number of nitrogens with one attached hydrogen (secondary N) is 2. The molecule has 2 aliphatic heterocycles. The molecule has 114 valence electrons. The van der Waals surface area contributed by atoms with Gasteiger partial charge in [-0.15, -0.1) is 11.3 Å². The summed E-state index contributed by atoms with van der Waals surface area (Å²) in [6.07, 6.45) is 5.26. The Hall–Kier alpha value is -1.72. The number of nitrogens with zero attached hydrogens (tertiary/aromatic N) is 1. The van der Waals surface area contributed by atoms with E-state index >= 15 is 0 Å². The summed E-state index contributed by atoms with van der Waals surface area (Å²) in [7, 11) is 0. The third-order valence-electron chi connectivity index (χ3n) is 4.73. The second-order valence-electron chi connectivity index (χ2n) is 6.21. The number of amides is 1. The van der Waals surface area contributed by atoms with E-state index in [1.807, 2.05) is 12.1 Å². The predicted molar refractivity (Wildman–Crippen MR) is 88.1 cm³/mol. The highest BCUT2D eigenvalue weighted by atomic mass is 32.1. The van der Waals surface area contributed by atoms with Crippen LogP contribution >= 0.6 is 11.3 Å². The normalized spacial score (nSPS) is 26.3. The first kappa shape index (κ1) is 13.9. The molecule has 0 saturated carbocycles. The van der Waals surface area contributed by atoms with Crippen LogP contribution in [-0.4, -0.2) is 29.0 Å². The number of hydrogen-bond acceptors (Lipinski definition) is 4. The van der Waals surface area contributed by atoms with Gasteiger partial charge in [-0.1, -0.05) is 24.3 Å². The van der Waals surface area contributed by atoms with E-state index in [-0.39, 0.29) is 11.9 Å². The summed E-state index contributed by atoms with van der Waals surface area (Å²) in [4.78, 5) is 17.8. The maximum atomic E-state index is 12.4. The summed E-state index contributed by atoms with van der Waals surface area (Å²) in [5.74, 6) is -0.0378. The van der Waals surface area contributed by atoms with Crippen LogP contribution < -0.4 is 10.6 Å². The minimum absolute atomic E-state index is 0.0378. The fraction of sp³-hybridized carbons (Fsp3) is 0.412.